The largest absolute Gasteiger partial charge is 0.387 e. The summed E-state index contributed by atoms with van der Waals surface area (Å²) in [5.41, 5.74) is 1.03. The zero-order valence-electron chi connectivity index (χ0n) is 16.5. The van der Waals surface area contributed by atoms with Crippen LogP contribution in [-0.4, -0.2) is 53.3 Å². The molecular weight excluding hydrogens is 366 g/mol. The zero-order chi connectivity index (χ0) is 20.3. The molecule has 2 aliphatic rings. The quantitative estimate of drug-likeness (QED) is 0.634. The van der Waals surface area contributed by atoms with Crippen molar-refractivity contribution in [1.29, 1.82) is 0 Å². The van der Waals surface area contributed by atoms with Gasteiger partial charge >= 0.3 is 6.03 Å². The summed E-state index contributed by atoms with van der Waals surface area (Å²) in [6, 6.07) is 19.3. The topological polar surface area (TPSA) is 74.1 Å². The smallest absolute Gasteiger partial charge is 0.329 e. The van der Waals surface area contributed by atoms with Gasteiger partial charge in [0.05, 0.1) is 6.54 Å². The van der Waals surface area contributed by atoms with Gasteiger partial charge in [0.25, 0.3) is 5.91 Å². The highest BCUT2D eigenvalue weighted by Gasteiger charge is 2.52. The molecule has 3 N–H and O–H groups in total. The number of nitrogens with one attached hydrogen (secondary N) is 2. The number of hydrogen-bond donors (Lipinski definition) is 3. The number of aliphatic hydroxyl groups excluding tert-OH is 1. The van der Waals surface area contributed by atoms with Crippen LogP contribution in [0.4, 0.5) is 4.79 Å². The van der Waals surface area contributed by atoms with E-state index >= 15 is 0 Å². The molecule has 0 aliphatic carbocycles. The molecule has 2 aromatic rings. The summed E-state index contributed by atoms with van der Waals surface area (Å²) < 4.78 is 0. The van der Waals surface area contributed by atoms with Crippen LogP contribution in [0.1, 0.15) is 24.0 Å². The van der Waals surface area contributed by atoms with Crippen LogP contribution in [0.15, 0.2) is 60.7 Å². The lowest BCUT2D eigenvalue weighted by Gasteiger charge is -2.30. The first-order chi connectivity index (χ1) is 14.1. The molecule has 6 nitrogen and oxygen atoms in total. The van der Waals surface area contributed by atoms with E-state index in [1.165, 1.54) is 4.90 Å². The minimum absolute atomic E-state index is 0.178. The second-order valence-electron chi connectivity index (χ2n) is 8.23. The van der Waals surface area contributed by atoms with Crippen molar-refractivity contribution in [1.82, 2.24) is 10.2 Å². The molecule has 2 atom stereocenters. The minimum atomic E-state index is -0.992. The number of likely N-dealkylation sites (tertiary alicyclic amines) is 1. The van der Waals surface area contributed by atoms with Crippen molar-refractivity contribution in [3.05, 3.63) is 71.8 Å². The highest BCUT2D eigenvalue weighted by Crippen LogP contribution is 2.26. The lowest BCUT2D eigenvalue weighted by atomic mass is 9.84. The molecule has 0 radical (unpaired) electrons. The number of urea groups is 1. The normalized spacial score (nSPS) is 23.8. The number of quaternary nitrogens is 1. The third-order valence-corrected chi connectivity index (χ3v) is 5.92. The molecule has 0 spiro atoms. The van der Waals surface area contributed by atoms with E-state index in [1.807, 2.05) is 60.7 Å². The van der Waals surface area contributed by atoms with E-state index in [2.05, 4.69) is 5.32 Å². The maximum atomic E-state index is 13.6. The second-order valence-corrected chi connectivity index (χ2v) is 8.23. The van der Waals surface area contributed by atoms with Crippen LogP contribution in [0.3, 0.4) is 0 Å². The van der Waals surface area contributed by atoms with Crippen molar-refractivity contribution in [3.8, 4) is 0 Å². The first kappa shape index (κ1) is 19.6. The average molecular weight is 394 g/mol. The van der Waals surface area contributed by atoms with Crippen LogP contribution in [0.2, 0.25) is 0 Å². The van der Waals surface area contributed by atoms with Gasteiger partial charge in [-0.1, -0.05) is 60.7 Å². The number of carbonyl (C=O) groups excluding carboxylic acids is 2. The van der Waals surface area contributed by atoms with Crippen molar-refractivity contribution >= 4 is 11.9 Å². The van der Waals surface area contributed by atoms with Crippen LogP contribution in [0.25, 0.3) is 0 Å². The van der Waals surface area contributed by atoms with Crippen molar-refractivity contribution < 1.29 is 19.6 Å². The fourth-order valence-electron chi connectivity index (χ4n) is 4.50. The molecule has 0 saturated carbocycles. The van der Waals surface area contributed by atoms with Gasteiger partial charge in [-0.15, -0.1) is 0 Å². The Morgan fingerprint density at radius 1 is 1.00 bits per heavy atom. The Kier molecular flexibility index (Phi) is 5.65. The SMILES string of the molecule is O=C1NC(Cc2ccccc2)(Cc2ccccc2)C(=O)N1C[NH+]1CCC[C@@H](O)C1. The predicted molar refractivity (Wildman–Crippen MR) is 109 cm³/mol. The number of nitrogens with zero attached hydrogens (tertiary/aromatic N) is 1. The lowest BCUT2D eigenvalue weighted by molar-refractivity contribution is -0.915. The summed E-state index contributed by atoms with van der Waals surface area (Å²) in [5.74, 6) is -0.178. The molecule has 29 heavy (non-hydrogen) atoms. The third kappa shape index (κ3) is 4.33. The van der Waals surface area contributed by atoms with E-state index in [0.29, 0.717) is 26.1 Å². The molecule has 2 fully saturated rings. The molecule has 3 amide bonds. The Morgan fingerprint density at radius 2 is 1.59 bits per heavy atom. The maximum absolute atomic E-state index is 13.6. The van der Waals surface area contributed by atoms with Crippen LogP contribution in [0, 0.1) is 0 Å². The first-order valence-corrected chi connectivity index (χ1v) is 10.3. The standard InChI is InChI=1S/C23H27N3O3/c27-20-12-7-13-25(16-20)17-26-21(28)23(24-22(26)29,14-18-8-3-1-4-9-18)15-19-10-5-2-6-11-19/h1-6,8-11,20,27H,7,12-17H2,(H,24,29)/p+1/t20-/m1/s1. The number of rotatable bonds is 6. The summed E-state index contributed by atoms with van der Waals surface area (Å²) in [5, 5.41) is 13.0. The Balaban J connectivity index is 1.59. The van der Waals surface area contributed by atoms with E-state index in [9.17, 15) is 14.7 Å². The second kappa shape index (κ2) is 8.35. The van der Waals surface area contributed by atoms with Gasteiger partial charge in [-0.3, -0.25) is 4.79 Å². The summed E-state index contributed by atoms with van der Waals surface area (Å²) in [4.78, 5) is 28.8. The summed E-state index contributed by atoms with van der Waals surface area (Å²) in [7, 11) is 0. The number of imide groups is 1. The zero-order valence-corrected chi connectivity index (χ0v) is 16.5. The number of benzene rings is 2. The molecule has 2 aromatic carbocycles. The first-order valence-electron chi connectivity index (χ1n) is 10.3. The van der Waals surface area contributed by atoms with Crippen molar-refractivity contribution in [3.63, 3.8) is 0 Å². The van der Waals surface area contributed by atoms with E-state index < -0.39 is 5.54 Å². The number of aliphatic hydroxyl groups is 1. The van der Waals surface area contributed by atoms with Gasteiger partial charge < -0.3 is 15.3 Å². The van der Waals surface area contributed by atoms with Gasteiger partial charge in [0.1, 0.15) is 18.2 Å². The Labute approximate surface area is 171 Å². The monoisotopic (exact) mass is 394 g/mol. The minimum Gasteiger partial charge on any atom is -0.387 e. The fraction of sp³-hybridized carbons (Fsp3) is 0.391. The molecule has 2 heterocycles. The van der Waals surface area contributed by atoms with Crippen LogP contribution in [0.5, 0.6) is 0 Å². The Bertz CT molecular complexity index is 815. The average Bonchev–Trinajstić information content (AvgIpc) is 2.93. The molecule has 2 aliphatic heterocycles. The van der Waals surface area contributed by atoms with Gasteiger partial charge in [-0.25, -0.2) is 9.69 Å². The lowest BCUT2D eigenvalue weighted by Crippen LogP contribution is -3.15. The van der Waals surface area contributed by atoms with E-state index in [0.717, 1.165) is 35.4 Å². The Hall–Kier alpha value is -2.70. The fourth-order valence-corrected chi connectivity index (χ4v) is 4.50. The molecule has 0 aromatic heterocycles. The predicted octanol–water partition coefficient (Wildman–Crippen LogP) is 0.759. The maximum Gasteiger partial charge on any atom is 0.329 e. The molecule has 6 heteroatoms. The number of hydrogen-bond acceptors (Lipinski definition) is 3. The van der Waals surface area contributed by atoms with E-state index in [-0.39, 0.29) is 18.0 Å². The third-order valence-electron chi connectivity index (χ3n) is 5.92. The molecule has 152 valence electrons. The van der Waals surface area contributed by atoms with E-state index in [1.54, 1.807) is 0 Å². The molecule has 4 rings (SSSR count). The number of amides is 3. The summed E-state index contributed by atoms with van der Waals surface area (Å²) in [6.07, 6.45) is 2.22. The van der Waals surface area contributed by atoms with Gasteiger partial charge in [-0.2, -0.15) is 0 Å². The van der Waals surface area contributed by atoms with Gasteiger partial charge in [0, 0.05) is 12.8 Å². The van der Waals surface area contributed by atoms with Crippen molar-refractivity contribution in [2.45, 2.75) is 37.3 Å². The molecular formula is C23H28N3O3+. The van der Waals surface area contributed by atoms with Crippen LogP contribution < -0.4 is 10.2 Å². The van der Waals surface area contributed by atoms with E-state index in [4.69, 9.17) is 0 Å². The number of piperidine rings is 1. The Morgan fingerprint density at radius 3 is 2.14 bits per heavy atom. The van der Waals surface area contributed by atoms with Gasteiger partial charge in [0.15, 0.2) is 6.67 Å². The number of carbonyl (C=O) groups is 2. The van der Waals surface area contributed by atoms with Crippen LogP contribution >= 0.6 is 0 Å². The molecule has 1 unspecified atom stereocenters. The van der Waals surface area contributed by atoms with Crippen molar-refractivity contribution in [2.75, 3.05) is 19.8 Å². The highest BCUT2D eigenvalue weighted by atomic mass is 16.3. The van der Waals surface area contributed by atoms with Crippen LogP contribution in [-0.2, 0) is 17.6 Å². The summed E-state index contributed by atoms with van der Waals surface area (Å²) in [6.45, 7) is 1.73. The van der Waals surface area contributed by atoms with Crippen molar-refractivity contribution in [2.24, 2.45) is 0 Å². The van der Waals surface area contributed by atoms with Gasteiger partial charge in [0.2, 0.25) is 0 Å². The summed E-state index contributed by atoms with van der Waals surface area (Å²) >= 11 is 0. The molecule has 2 saturated heterocycles. The highest BCUT2D eigenvalue weighted by molar-refractivity contribution is 6.07. The molecule has 0 bridgehead atoms. The van der Waals surface area contributed by atoms with Gasteiger partial charge in [-0.05, 0) is 24.0 Å².